The zero-order valence-corrected chi connectivity index (χ0v) is 30.6. The summed E-state index contributed by atoms with van der Waals surface area (Å²) in [5.41, 5.74) is 6.33. The maximum absolute atomic E-state index is 14.0. The number of unbranched alkanes of at least 4 members (excludes halogenated alkanes) is 1. The van der Waals surface area contributed by atoms with Crippen molar-refractivity contribution in [3.63, 3.8) is 0 Å². The van der Waals surface area contributed by atoms with E-state index in [4.69, 9.17) is 15.2 Å². The first-order chi connectivity index (χ1) is 22.2. The fraction of sp³-hybridized carbons (Fsp3) is 0.515. The highest BCUT2D eigenvalue weighted by Gasteiger charge is 2.44. The van der Waals surface area contributed by atoms with Crippen LogP contribution in [0.3, 0.4) is 0 Å². The molecule has 3 rings (SSSR count). The van der Waals surface area contributed by atoms with E-state index in [9.17, 15) is 22.8 Å². The van der Waals surface area contributed by atoms with Crippen molar-refractivity contribution >= 4 is 45.0 Å². The minimum Gasteiger partial charge on any atom is -0.459 e. The van der Waals surface area contributed by atoms with Gasteiger partial charge in [-0.1, -0.05) is 35.1 Å². The number of carbonyl (C=O) groups excluding carboxylic acids is 3. The molecule has 0 bridgehead atoms. The van der Waals surface area contributed by atoms with Crippen LogP contribution in [0.25, 0.3) is 0 Å². The molecule has 15 heteroatoms. The van der Waals surface area contributed by atoms with Gasteiger partial charge in [0, 0.05) is 19.2 Å². The SMILES string of the molecule is Cc1cc(C)c(S(=O)(=O)C(C(=O)OC(C)(C)C)C(N)NC(=O)c2nnc(CCCCN(C(=O)OC(C)(C)C)c3ccccn3)s2)c(C)c1. The third kappa shape index (κ3) is 10.5. The molecule has 2 amide bonds. The van der Waals surface area contributed by atoms with Crippen molar-refractivity contribution in [1.29, 1.82) is 0 Å². The lowest BCUT2D eigenvalue weighted by Gasteiger charge is -2.28. The topological polar surface area (TPSA) is 184 Å². The molecule has 0 aliphatic carbocycles. The van der Waals surface area contributed by atoms with E-state index in [1.807, 2.05) is 6.92 Å². The van der Waals surface area contributed by atoms with Crippen molar-refractivity contribution in [3.8, 4) is 0 Å². The Balaban J connectivity index is 1.72. The summed E-state index contributed by atoms with van der Waals surface area (Å²) in [7, 11) is -4.42. The van der Waals surface area contributed by atoms with Crippen LogP contribution in [0.5, 0.6) is 0 Å². The second-order valence-corrected chi connectivity index (χ2v) is 16.6. The quantitative estimate of drug-likeness (QED) is 0.150. The molecule has 0 fully saturated rings. The Morgan fingerprint density at radius 3 is 2.15 bits per heavy atom. The van der Waals surface area contributed by atoms with E-state index in [-0.39, 0.29) is 9.90 Å². The van der Waals surface area contributed by atoms with Gasteiger partial charge < -0.3 is 20.5 Å². The van der Waals surface area contributed by atoms with Gasteiger partial charge in [0.15, 0.2) is 15.1 Å². The number of hydrogen-bond acceptors (Lipinski definition) is 12. The number of hydrogen-bond donors (Lipinski definition) is 2. The van der Waals surface area contributed by atoms with Crippen molar-refractivity contribution in [3.05, 3.63) is 63.2 Å². The molecule has 13 nitrogen and oxygen atoms in total. The molecular formula is C33H46N6O7S2. The van der Waals surface area contributed by atoms with Crippen LogP contribution in [-0.2, 0) is 30.5 Å². The fourth-order valence-corrected chi connectivity index (χ4v) is 7.79. The minimum absolute atomic E-state index is 0.0415. The Kier molecular flexibility index (Phi) is 12.4. The van der Waals surface area contributed by atoms with E-state index in [1.54, 1.807) is 91.9 Å². The van der Waals surface area contributed by atoms with Crippen LogP contribution >= 0.6 is 11.3 Å². The smallest absolute Gasteiger partial charge is 0.416 e. The molecule has 1 aromatic carbocycles. The second-order valence-electron chi connectivity index (χ2n) is 13.5. The van der Waals surface area contributed by atoms with Gasteiger partial charge >= 0.3 is 12.1 Å². The Morgan fingerprint density at radius 1 is 0.958 bits per heavy atom. The number of carbonyl (C=O) groups is 3. The molecule has 3 aromatic rings. The predicted molar refractivity (Wildman–Crippen MR) is 184 cm³/mol. The Hall–Kier alpha value is -3.95. The maximum atomic E-state index is 14.0. The average Bonchev–Trinajstić information content (AvgIpc) is 3.39. The number of esters is 1. The number of amides is 2. The number of ether oxygens (including phenoxy) is 2. The summed E-state index contributed by atoms with van der Waals surface area (Å²) in [5.74, 6) is -1.39. The molecule has 0 aliphatic heterocycles. The molecule has 2 aromatic heterocycles. The lowest BCUT2D eigenvalue weighted by molar-refractivity contribution is -0.154. The molecule has 2 atom stereocenters. The van der Waals surface area contributed by atoms with Gasteiger partial charge in [-0.25, -0.2) is 18.2 Å². The first-order valence-corrected chi connectivity index (χ1v) is 17.9. The third-order valence-corrected chi connectivity index (χ3v) is 10.1. The number of anilines is 1. The van der Waals surface area contributed by atoms with E-state index >= 15 is 0 Å². The van der Waals surface area contributed by atoms with Crippen LogP contribution in [0.1, 0.15) is 85.9 Å². The van der Waals surface area contributed by atoms with Crippen molar-refractivity contribution in [2.75, 3.05) is 11.4 Å². The molecule has 3 N–H and O–H groups in total. The minimum atomic E-state index is -4.42. The molecule has 48 heavy (non-hydrogen) atoms. The van der Waals surface area contributed by atoms with E-state index in [2.05, 4.69) is 20.5 Å². The number of nitrogens with two attached hydrogens (primary N) is 1. The third-order valence-electron chi connectivity index (χ3n) is 6.71. The number of sulfone groups is 1. The molecular weight excluding hydrogens is 657 g/mol. The van der Waals surface area contributed by atoms with Gasteiger partial charge in [0.05, 0.1) is 4.90 Å². The molecule has 0 spiro atoms. The standard InChI is InChI=1S/C33H46N6O7S2/c1-20-18-21(2)25(22(3)19-20)48(43,44)26(30(41)45-32(4,5)6)27(34)36-28(40)29-38-37-24(47-29)15-11-13-17-39(23-14-10-12-16-35-23)31(42)46-33(7,8)9/h10,12,14,16,18-19,26-27H,11,13,15,17,34H2,1-9H3,(H,36,40). The van der Waals surface area contributed by atoms with Crippen LogP contribution in [0.15, 0.2) is 41.4 Å². The highest BCUT2D eigenvalue weighted by molar-refractivity contribution is 7.93. The van der Waals surface area contributed by atoms with Gasteiger partial charge in [0.2, 0.25) is 5.01 Å². The summed E-state index contributed by atoms with van der Waals surface area (Å²) in [5, 5.41) is 9.07. The summed E-state index contributed by atoms with van der Waals surface area (Å²) in [6, 6.07) is 8.68. The van der Waals surface area contributed by atoms with Gasteiger partial charge in [-0.15, -0.1) is 10.2 Å². The van der Waals surface area contributed by atoms with Crippen molar-refractivity contribution < 1.29 is 32.3 Å². The van der Waals surface area contributed by atoms with Crippen molar-refractivity contribution in [1.82, 2.24) is 20.5 Å². The zero-order chi connectivity index (χ0) is 36.0. The summed E-state index contributed by atoms with van der Waals surface area (Å²) >= 11 is 1.02. The van der Waals surface area contributed by atoms with Crippen LogP contribution in [0, 0.1) is 20.8 Å². The lowest BCUT2D eigenvalue weighted by Crippen LogP contribution is -2.57. The highest BCUT2D eigenvalue weighted by Crippen LogP contribution is 2.28. The lowest BCUT2D eigenvalue weighted by atomic mass is 10.1. The largest absolute Gasteiger partial charge is 0.459 e. The first-order valence-electron chi connectivity index (χ1n) is 15.5. The normalized spacial score (nSPS) is 13.4. The predicted octanol–water partition coefficient (Wildman–Crippen LogP) is 4.82. The van der Waals surface area contributed by atoms with E-state index < -0.39 is 50.4 Å². The summed E-state index contributed by atoms with van der Waals surface area (Å²) in [6.07, 6.45) is 1.08. The summed E-state index contributed by atoms with van der Waals surface area (Å²) in [6.45, 7) is 15.7. The number of pyridine rings is 1. The number of aryl methyl sites for hydroxylation is 4. The molecule has 2 unspecified atom stereocenters. The first kappa shape index (κ1) is 38.5. The van der Waals surface area contributed by atoms with E-state index in [1.165, 1.54) is 4.90 Å². The molecule has 0 saturated carbocycles. The zero-order valence-electron chi connectivity index (χ0n) is 29.0. The molecule has 0 saturated heterocycles. The maximum Gasteiger partial charge on any atom is 0.416 e. The number of nitrogens with one attached hydrogen (secondary N) is 1. The Labute approximate surface area is 286 Å². The molecule has 0 radical (unpaired) electrons. The van der Waals surface area contributed by atoms with Gasteiger partial charge in [-0.05, 0) is 98.4 Å². The van der Waals surface area contributed by atoms with Gasteiger partial charge in [-0.3, -0.25) is 14.5 Å². The van der Waals surface area contributed by atoms with Crippen LogP contribution < -0.4 is 16.0 Å². The molecule has 262 valence electrons. The monoisotopic (exact) mass is 702 g/mol. The molecule has 0 aliphatic rings. The molecule has 2 heterocycles. The number of nitrogens with zero attached hydrogens (tertiary/aromatic N) is 4. The van der Waals surface area contributed by atoms with Gasteiger partial charge in [-0.2, -0.15) is 0 Å². The second kappa shape index (κ2) is 15.5. The van der Waals surface area contributed by atoms with Gasteiger partial charge in [0.25, 0.3) is 5.91 Å². The van der Waals surface area contributed by atoms with Gasteiger partial charge in [0.1, 0.15) is 28.2 Å². The van der Waals surface area contributed by atoms with Crippen molar-refractivity contribution in [2.24, 2.45) is 5.73 Å². The van der Waals surface area contributed by atoms with Crippen LogP contribution in [-0.4, -0.2) is 70.7 Å². The summed E-state index contributed by atoms with van der Waals surface area (Å²) in [4.78, 5) is 45.1. The summed E-state index contributed by atoms with van der Waals surface area (Å²) < 4.78 is 39.0. The van der Waals surface area contributed by atoms with Crippen molar-refractivity contribution in [2.45, 2.75) is 109 Å². The average molecular weight is 703 g/mol. The van der Waals surface area contributed by atoms with E-state index in [0.29, 0.717) is 47.8 Å². The number of rotatable bonds is 12. The van der Waals surface area contributed by atoms with Crippen LogP contribution in [0.4, 0.5) is 10.6 Å². The van der Waals surface area contributed by atoms with E-state index in [0.717, 1.165) is 16.9 Å². The number of aromatic nitrogens is 3. The fourth-order valence-electron chi connectivity index (χ4n) is 4.98. The highest BCUT2D eigenvalue weighted by atomic mass is 32.2. The Morgan fingerprint density at radius 2 is 1.58 bits per heavy atom. The number of benzene rings is 1. The van der Waals surface area contributed by atoms with Crippen LogP contribution in [0.2, 0.25) is 0 Å². The Bertz CT molecular complexity index is 1690.